The first kappa shape index (κ1) is 13.1. The smallest absolute Gasteiger partial charge is 0.192 e. The largest absolute Gasteiger partial charge is 0.466 e. The highest BCUT2D eigenvalue weighted by Gasteiger charge is 2.21. The van der Waals surface area contributed by atoms with E-state index >= 15 is 0 Å². The van der Waals surface area contributed by atoms with E-state index in [0.29, 0.717) is 0 Å². The minimum Gasteiger partial charge on any atom is -0.466 e. The molecule has 0 amide bonds. The zero-order chi connectivity index (χ0) is 13.1. The Hall–Kier alpha value is -1.31. The van der Waals surface area contributed by atoms with Gasteiger partial charge in [0.1, 0.15) is 11.5 Å². The highest BCUT2D eigenvalue weighted by molar-refractivity contribution is 6.10. The highest BCUT2D eigenvalue weighted by Crippen LogP contribution is 2.27. The SMILES string of the molecule is Cc1oc(C)c(C(=O)C2=CCCCCCC2)c1C. The van der Waals surface area contributed by atoms with Crippen LogP contribution in [-0.4, -0.2) is 5.78 Å². The van der Waals surface area contributed by atoms with Crippen molar-refractivity contribution in [3.05, 3.63) is 34.3 Å². The molecule has 1 aromatic rings. The van der Waals surface area contributed by atoms with Crippen molar-refractivity contribution in [3.63, 3.8) is 0 Å². The van der Waals surface area contributed by atoms with Gasteiger partial charge in [0.05, 0.1) is 5.56 Å². The van der Waals surface area contributed by atoms with Crippen LogP contribution in [0.1, 0.15) is 66.0 Å². The Morgan fingerprint density at radius 3 is 2.44 bits per heavy atom. The predicted molar refractivity (Wildman–Crippen MR) is 73.0 cm³/mol. The molecule has 0 atom stereocenters. The third kappa shape index (κ3) is 2.58. The van der Waals surface area contributed by atoms with Gasteiger partial charge in [0, 0.05) is 5.56 Å². The van der Waals surface area contributed by atoms with Crippen LogP contribution in [0, 0.1) is 20.8 Å². The van der Waals surface area contributed by atoms with E-state index < -0.39 is 0 Å². The average Bonchev–Trinajstić information content (AvgIpc) is 2.52. The number of hydrogen-bond donors (Lipinski definition) is 0. The summed E-state index contributed by atoms with van der Waals surface area (Å²) in [6.45, 7) is 5.78. The van der Waals surface area contributed by atoms with Gasteiger partial charge in [0.2, 0.25) is 0 Å². The van der Waals surface area contributed by atoms with Crippen molar-refractivity contribution in [2.45, 2.75) is 59.3 Å². The minimum absolute atomic E-state index is 0.184. The van der Waals surface area contributed by atoms with E-state index in [1.807, 2.05) is 20.8 Å². The van der Waals surface area contributed by atoms with E-state index in [0.717, 1.165) is 47.5 Å². The van der Waals surface area contributed by atoms with Gasteiger partial charge in [-0.3, -0.25) is 4.79 Å². The number of Topliss-reactive ketones (excluding diaryl/α,β-unsaturated/α-hetero) is 1. The molecule has 0 N–H and O–H groups in total. The molecule has 0 bridgehead atoms. The van der Waals surface area contributed by atoms with Crippen molar-refractivity contribution in [2.75, 3.05) is 0 Å². The predicted octanol–water partition coefficient (Wildman–Crippen LogP) is 4.67. The quantitative estimate of drug-likeness (QED) is 0.710. The van der Waals surface area contributed by atoms with E-state index in [4.69, 9.17) is 4.42 Å². The number of allylic oxidation sites excluding steroid dienone is 2. The number of aryl methyl sites for hydroxylation is 2. The van der Waals surface area contributed by atoms with Crippen LogP contribution in [0.5, 0.6) is 0 Å². The second-order valence-electron chi connectivity index (χ2n) is 5.23. The summed E-state index contributed by atoms with van der Waals surface area (Å²) >= 11 is 0. The Labute approximate surface area is 109 Å². The molecule has 0 unspecified atom stereocenters. The Balaban J connectivity index is 2.29. The van der Waals surface area contributed by atoms with Crippen molar-refractivity contribution >= 4 is 5.78 Å². The number of carbonyl (C=O) groups is 1. The fourth-order valence-electron chi connectivity index (χ4n) is 2.69. The van der Waals surface area contributed by atoms with Crippen molar-refractivity contribution < 1.29 is 9.21 Å². The van der Waals surface area contributed by atoms with E-state index in [1.165, 1.54) is 19.3 Å². The summed E-state index contributed by atoms with van der Waals surface area (Å²) in [6, 6.07) is 0. The van der Waals surface area contributed by atoms with Crippen LogP contribution in [-0.2, 0) is 0 Å². The topological polar surface area (TPSA) is 30.2 Å². The fraction of sp³-hybridized carbons (Fsp3) is 0.562. The molecule has 1 aliphatic carbocycles. The van der Waals surface area contributed by atoms with Gasteiger partial charge in [-0.1, -0.05) is 18.9 Å². The lowest BCUT2D eigenvalue weighted by molar-refractivity contribution is 0.102. The van der Waals surface area contributed by atoms with E-state index in [2.05, 4.69) is 6.08 Å². The highest BCUT2D eigenvalue weighted by atomic mass is 16.3. The molecule has 1 aromatic heterocycles. The third-order valence-corrected chi connectivity index (χ3v) is 3.87. The normalized spacial score (nSPS) is 16.9. The molecule has 2 nitrogen and oxygen atoms in total. The number of furan rings is 1. The number of hydrogen-bond acceptors (Lipinski definition) is 2. The Morgan fingerprint density at radius 2 is 1.78 bits per heavy atom. The van der Waals surface area contributed by atoms with Gasteiger partial charge in [0.15, 0.2) is 5.78 Å². The van der Waals surface area contributed by atoms with Gasteiger partial charge in [-0.15, -0.1) is 0 Å². The van der Waals surface area contributed by atoms with Crippen LogP contribution in [0.15, 0.2) is 16.1 Å². The van der Waals surface area contributed by atoms with Crippen LogP contribution in [0.3, 0.4) is 0 Å². The van der Waals surface area contributed by atoms with Crippen molar-refractivity contribution in [1.82, 2.24) is 0 Å². The lowest BCUT2D eigenvalue weighted by atomic mass is 9.92. The molecule has 98 valence electrons. The van der Waals surface area contributed by atoms with Gasteiger partial charge < -0.3 is 4.42 Å². The minimum atomic E-state index is 0.184. The molecule has 1 aliphatic rings. The Bertz CT molecular complexity index is 478. The molecule has 0 aliphatic heterocycles. The maximum absolute atomic E-state index is 12.6. The molecular weight excluding hydrogens is 224 g/mol. The summed E-state index contributed by atoms with van der Waals surface area (Å²) in [4.78, 5) is 12.6. The molecule has 0 fully saturated rings. The summed E-state index contributed by atoms with van der Waals surface area (Å²) < 4.78 is 5.57. The summed E-state index contributed by atoms with van der Waals surface area (Å²) in [5, 5.41) is 0. The summed E-state index contributed by atoms with van der Waals surface area (Å²) in [5.41, 5.74) is 2.78. The molecular formula is C16H22O2. The number of ketones is 1. The van der Waals surface area contributed by atoms with Crippen LogP contribution >= 0.6 is 0 Å². The van der Waals surface area contributed by atoms with Gasteiger partial charge >= 0.3 is 0 Å². The molecule has 2 rings (SSSR count). The van der Waals surface area contributed by atoms with E-state index in [9.17, 15) is 4.79 Å². The molecule has 0 saturated heterocycles. The van der Waals surface area contributed by atoms with Gasteiger partial charge in [0.25, 0.3) is 0 Å². The lowest BCUT2D eigenvalue weighted by Gasteiger charge is -2.10. The van der Waals surface area contributed by atoms with Gasteiger partial charge in [-0.05, 0) is 52.0 Å². The van der Waals surface area contributed by atoms with Crippen LogP contribution in [0.2, 0.25) is 0 Å². The molecule has 0 saturated carbocycles. The van der Waals surface area contributed by atoms with Crippen molar-refractivity contribution in [1.29, 1.82) is 0 Å². The first-order valence-corrected chi connectivity index (χ1v) is 6.91. The zero-order valence-corrected chi connectivity index (χ0v) is 11.6. The molecule has 0 radical (unpaired) electrons. The Kier molecular flexibility index (Phi) is 4.05. The fourth-order valence-corrected chi connectivity index (χ4v) is 2.69. The molecule has 0 spiro atoms. The molecule has 18 heavy (non-hydrogen) atoms. The second kappa shape index (κ2) is 5.55. The van der Waals surface area contributed by atoms with E-state index in [1.54, 1.807) is 0 Å². The van der Waals surface area contributed by atoms with Crippen molar-refractivity contribution in [3.8, 4) is 0 Å². The second-order valence-corrected chi connectivity index (χ2v) is 5.23. The molecule has 0 aromatic carbocycles. The van der Waals surface area contributed by atoms with Crippen LogP contribution in [0.25, 0.3) is 0 Å². The summed E-state index contributed by atoms with van der Waals surface area (Å²) in [5.74, 6) is 1.81. The Morgan fingerprint density at radius 1 is 1.06 bits per heavy atom. The third-order valence-electron chi connectivity index (χ3n) is 3.87. The van der Waals surface area contributed by atoms with Gasteiger partial charge in [-0.25, -0.2) is 0 Å². The van der Waals surface area contributed by atoms with Crippen molar-refractivity contribution in [2.24, 2.45) is 0 Å². The summed E-state index contributed by atoms with van der Waals surface area (Å²) in [6.07, 6.45) is 8.97. The average molecular weight is 246 g/mol. The van der Waals surface area contributed by atoms with Crippen LogP contribution in [0.4, 0.5) is 0 Å². The maximum Gasteiger partial charge on any atom is 0.192 e. The molecule has 1 heterocycles. The maximum atomic E-state index is 12.6. The number of carbonyl (C=O) groups excluding carboxylic acids is 1. The number of rotatable bonds is 2. The monoisotopic (exact) mass is 246 g/mol. The lowest BCUT2D eigenvalue weighted by Crippen LogP contribution is -2.07. The van der Waals surface area contributed by atoms with E-state index in [-0.39, 0.29) is 5.78 Å². The van der Waals surface area contributed by atoms with Crippen LogP contribution < -0.4 is 0 Å². The molecule has 2 heteroatoms. The first-order chi connectivity index (χ1) is 8.61. The standard InChI is InChI=1S/C16H22O2/c1-11-12(2)18-13(3)15(11)16(17)14-9-7-5-4-6-8-10-14/h9H,4-8,10H2,1-3H3. The zero-order valence-electron chi connectivity index (χ0n) is 11.6. The van der Waals surface area contributed by atoms with Gasteiger partial charge in [-0.2, -0.15) is 0 Å². The first-order valence-electron chi connectivity index (χ1n) is 6.91. The summed E-state index contributed by atoms with van der Waals surface area (Å²) in [7, 11) is 0.